The molecule has 90 valence electrons. The molecule has 0 saturated heterocycles. The summed E-state index contributed by atoms with van der Waals surface area (Å²) in [7, 11) is 2.11. The van der Waals surface area contributed by atoms with Crippen molar-refractivity contribution in [3.05, 3.63) is 24.0 Å². The molecule has 1 aliphatic carbocycles. The van der Waals surface area contributed by atoms with Gasteiger partial charge in [-0.05, 0) is 44.7 Å². The maximum Gasteiger partial charge on any atom is 0.0363 e. The van der Waals surface area contributed by atoms with Crippen molar-refractivity contribution in [2.75, 3.05) is 0 Å². The highest BCUT2D eigenvalue weighted by molar-refractivity contribution is 5.07. The van der Waals surface area contributed by atoms with Crippen molar-refractivity contribution in [1.82, 2.24) is 9.88 Å². The quantitative estimate of drug-likeness (QED) is 0.825. The fraction of sp³-hybridized carbons (Fsp3) is 0.714. The van der Waals surface area contributed by atoms with Crippen LogP contribution < -0.4 is 5.32 Å². The largest absolute Gasteiger partial charge is 0.353 e. The Morgan fingerprint density at radius 3 is 2.62 bits per heavy atom. The van der Waals surface area contributed by atoms with Crippen LogP contribution in [0.25, 0.3) is 0 Å². The van der Waals surface area contributed by atoms with Gasteiger partial charge >= 0.3 is 0 Å². The molecular weight excluding hydrogens is 196 g/mol. The van der Waals surface area contributed by atoms with E-state index in [4.69, 9.17) is 0 Å². The van der Waals surface area contributed by atoms with E-state index < -0.39 is 0 Å². The highest BCUT2D eigenvalue weighted by atomic mass is 15.0. The van der Waals surface area contributed by atoms with Crippen LogP contribution in [0.5, 0.6) is 0 Å². The maximum absolute atomic E-state index is 3.72. The van der Waals surface area contributed by atoms with Crippen molar-refractivity contribution in [3.63, 3.8) is 0 Å². The molecule has 0 radical (unpaired) electrons. The molecule has 16 heavy (non-hydrogen) atoms. The zero-order valence-corrected chi connectivity index (χ0v) is 10.8. The Morgan fingerprint density at radius 2 is 2.06 bits per heavy atom. The van der Waals surface area contributed by atoms with E-state index >= 15 is 0 Å². The summed E-state index contributed by atoms with van der Waals surface area (Å²) >= 11 is 0. The van der Waals surface area contributed by atoms with Gasteiger partial charge in [0.15, 0.2) is 0 Å². The highest BCUT2D eigenvalue weighted by Crippen LogP contribution is 2.33. The third-order valence-corrected chi connectivity index (χ3v) is 4.15. The third-order valence-electron chi connectivity index (χ3n) is 4.15. The lowest BCUT2D eigenvalue weighted by Crippen LogP contribution is -2.44. The Morgan fingerprint density at radius 1 is 1.38 bits per heavy atom. The molecule has 0 atom stereocenters. The van der Waals surface area contributed by atoms with Crippen molar-refractivity contribution in [3.8, 4) is 0 Å². The minimum Gasteiger partial charge on any atom is -0.353 e. The second-order valence-electron chi connectivity index (χ2n) is 5.67. The Labute approximate surface area is 99.0 Å². The molecule has 1 heterocycles. The fourth-order valence-corrected chi connectivity index (χ4v) is 2.79. The van der Waals surface area contributed by atoms with E-state index in [1.54, 1.807) is 0 Å². The fourth-order valence-electron chi connectivity index (χ4n) is 2.79. The van der Waals surface area contributed by atoms with E-state index in [0.29, 0.717) is 0 Å². The predicted octanol–water partition coefficient (Wildman–Crippen LogP) is 3.08. The number of hydrogen-bond donors (Lipinski definition) is 1. The number of nitrogens with one attached hydrogen (secondary N) is 1. The number of nitrogens with zero attached hydrogens (tertiary/aromatic N) is 1. The summed E-state index contributed by atoms with van der Waals surface area (Å²) in [6.07, 6.45) is 7.74. The molecule has 1 N–H and O–H groups in total. The van der Waals surface area contributed by atoms with E-state index in [2.05, 4.69) is 49.1 Å². The van der Waals surface area contributed by atoms with E-state index in [1.807, 2.05) is 0 Å². The van der Waals surface area contributed by atoms with E-state index in [1.165, 1.54) is 31.4 Å². The zero-order chi connectivity index (χ0) is 11.6. The van der Waals surface area contributed by atoms with Crippen LogP contribution in [0.3, 0.4) is 0 Å². The standard InChI is InChI=1S/C14H24N2/c1-14(2,12-7-4-5-8-12)15-11-13-9-6-10-16(13)3/h6,9-10,12,15H,4-5,7-8,11H2,1-3H3. The average molecular weight is 220 g/mol. The second-order valence-corrected chi connectivity index (χ2v) is 5.67. The van der Waals surface area contributed by atoms with Gasteiger partial charge in [0, 0.05) is 31.0 Å². The van der Waals surface area contributed by atoms with Crippen LogP contribution in [0.15, 0.2) is 18.3 Å². The summed E-state index contributed by atoms with van der Waals surface area (Å²) in [5.41, 5.74) is 1.65. The van der Waals surface area contributed by atoms with Gasteiger partial charge in [0.2, 0.25) is 0 Å². The van der Waals surface area contributed by atoms with Gasteiger partial charge in [-0.25, -0.2) is 0 Å². The third kappa shape index (κ3) is 2.49. The molecule has 0 aliphatic heterocycles. The predicted molar refractivity (Wildman–Crippen MR) is 68.3 cm³/mol. The molecule has 1 aromatic rings. The van der Waals surface area contributed by atoms with Gasteiger partial charge in [0.1, 0.15) is 0 Å². The molecular formula is C14H24N2. The lowest BCUT2D eigenvalue weighted by molar-refractivity contribution is 0.252. The first-order chi connectivity index (χ1) is 7.59. The molecule has 2 nitrogen and oxygen atoms in total. The molecule has 2 heteroatoms. The van der Waals surface area contributed by atoms with E-state index in [0.717, 1.165) is 12.5 Å². The van der Waals surface area contributed by atoms with Crippen molar-refractivity contribution >= 4 is 0 Å². The van der Waals surface area contributed by atoms with Crippen LogP contribution in [0.2, 0.25) is 0 Å². The minimum absolute atomic E-state index is 0.279. The molecule has 0 aromatic carbocycles. The summed E-state index contributed by atoms with van der Waals surface area (Å²) in [6, 6.07) is 4.30. The summed E-state index contributed by atoms with van der Waals surface area (Å²) in [6.45, 7) is 5.69. The first kappa shape index (κ1) is 11.7. The van der Waals surface area contributed by atoms with Crippen LogP contribution >= 0.6 is 0 Å². The number of hydrogen-bond acceptors (Lipinski definition) is 1. The van der Waals surface area contributed by atoms with E-state index in [-0.39, 0.29) is 5.54 Å². The van der Waals surface area contributed by atoms with Crippen molar-refractivity contribution in [2.24, 2.45) is 13.0 Å². The smallest absolute Gasteiger partial charge is 0.0363 e. The summed E-state index contributed by atoms with van der Waals surface area (Å²) in [5, 5.41) is 3.72. The first-order valence-corrected chi connectivity index (χ1v) is 6.45. The average Bonchev–Trinajstić information content (AvgIpc) is 2.85. The van der Waals surface area contributed by atoms with Crippen LogP contribution in [-0.4, -0.2) is 10.1 Å². The lowest BCUT2D eigenvalue weighted by Gasteiger charge is -2.33. The molecule has 2 rings (SSSR count). The Kier molecular flexibility index (Phi) is 3.38. The first-order valence-electron chi connectivity index (χ1n) is 6.45. The van der Waals surface area contributed by atoms with Gasteiger partial charge in [-0.15, -0.1) is 0 Å². The molecule has 0 bridgehead atoms. The molecule has 0 amide bonds. The molecule has 1 aliphatic rings. The van der Waals surface area contributed by atoms with Crippen LogP contribution in [-0.2, 0) is 13.6 Å². The highest BCUT2D eigenvalue weighted by Gasteiger charge is 2.31. The Balaban J connectivity index is 1.91. The van der Waals surface area contributed by atoms with Gasteiger partial charge in [-0.1, -0.05) is 12.8 Å². The molecule has 0 spiro atoms. The van der Waals surface area contributed by atoms with Gasteiger partial charge in [-0.3, -0.25) is 0 Å². The normalized spacial score (nSPS) is 18.2. The Hall–Kier alpha value is -0.760. The Bertz CT molecular complexity index is 332. The van der Waals surface area contributed by atoms with Gasteiger partial charge in [-0.2, -0.15) is 0 Å². The summed E-state index contributed by atoms with van der Waals surface area (Å²) in [4.78, 5) is 0. The van der Waals surface area contributed by atoms with Crippen LogP contribution in [0.4, 0.5) is 0 Å². The van der Waals surface area contributed by atoms with Crippen molar-refractivity contribution < 1.29 is 0 Å². The van der Waals surface area contributed by atoms with Crippen LogP contribution in [0, 0.1) is 5.92 Å². The zero-order valence-electron chi connectivity index (χ0n) is 10.8. The minimum atomic E-state index is 0.279. The lowest BCUT2D eigenvalue weighted by atomic mass is 9.86. The van der Waals surface area contributed by atoms with Crippen LogP contribution in [0.1, 0.15) is 45.2 Å². The maximum atomic E-state index is 3.72. The van der Waals surface area contributed by atoms with Crippen molar-refractivity contribution in [2.45, 2.75) is 51.6 Å². The molecule has 1 saturated carbocycles. The number of aromatic nitrogens is 1. The molecule has 0 unspecified atom stereocenters. The van der Waals surface area contributed by atoms with Crippen molar-refractivity contribution in [1.29, 1.82) is 0 Å². The topological polar surface area (TPSA) is 17.0 Å². The summed E-state index contributed by atoms with van der Waals surface area (Å²) in [5.74, 6) is 0.854. The number of aryl methyl sites for hydroxylation is 1. The van der Waals surface area contributed by atoms with Gasteiger partial charge in [0.05, 0.1) is 0 Å². The van der Waals surface area contributed by atoms with Gasteiger partial charge in [0.25, 0.3) is 0 Å². The second kappa shape index (κ2) is 4.62. The molecule has 1 aromatic heterocycles. The van der Waals surface area contributed by atoms with Gasteiger partial charge < -0.3 is 9.88 Å². The van der Waals surface area contributed by atoms with E-state index in [9.17, 15) is 0 Å². The SMILES string of the molecule is Cn1cccc1CNC(C)(C)C1CCCC1. The summed E-state index contributed by atoms with van der Waals surface area (Å²) < 4.78 is 2.19. The molecule has 1 fully saturated rings. The number of rotatable bonds is 4. The monoisotopic (exact) mass is 220 g/mol.